The number of amides is 2. The zero-order valence-corrected chi connectivity index (χ0v) is 13.6. The Morgan fingerprint density at radius 3 is 2.54 bits per heavy atom. The van der Waals surface area contributed by atoms with E-state index in [0.29, 0.717) is 30.9 Å². The maximum Gasteiger partial charge on any atom is 0.272 e. The number of hydrogen-bond donors (Lipinski definition) is 1. The normalized spacial score (nSPS) is 20.4. The van der Waals surface area contributed by atoms with Gasteiger partial charge in [-0.15, -0.1) is 0 Å². The smallest absolute Gasteiger partial charge is 0.272 e. The Kier molecular flexibility index (Phi) is 3.87. The number of nitrogens with zero attached hydrogens (tertiary/aromatic N) is 3. The molecule has 1 saturated heterocycles. The Balaban J connectivity index is 1.84. The molecule has 0 radical (unpaired) electrons. The molecule has 1 unspecified atom stereocenters. The lowest BCUT2D eigenvalue weighted by atomic mass is 9.89. The van der Waals surface area contributed by atoms with Gasteiger partial charge in [-0.2, -0.15) is 5.10 Å². The van der Waals surface area contributed by atoms with Gasteiger partial charge in [0.1, 0.15) is 11.5 Å². The van der Waals surface area contributed by atoms with Gasteiger partial charge >= 0.3 is 0 Å². The molecule has 24 heavy (non-hydrogen) atoms. The summed E-state index contributed by atoms with van der Waals surface area (Å²) in [7, 11) is 1.68. The topological polar surface area (TPSA) is 81.2 Å². The van der Waals surface area contributed by atoms with Gasteiger partial charge in [0.15, 0.2) is 0 Å². The van der Waals surface area contributed by atoms with Crippen LogP contribution in [0.2, 0.25) is 0 Å². The Morgan fingerprint density at radius 1 is 1.29 bits per heavy atom. The third-order valence-electron chi connectivity index (χ3n) is 4.59. The van der Waals surface area contributed by atoms with Gasteiger partial charge in [0.05, 0.1) is 11.1 Å². The molecule has 0 aliphatic carbocycles. The average molecular weight is 330 g/mol. The van der Waals surface area contributed by atoms with Crippen LogP contribution in [0, 0.1) is 11.2 Å². The van der Waals surface area contributed by atoms with E-state index in [-0.39, 0.29) is 11.7 Å². The summed E-state index contributed by atoms with van der Waals surface area (Å²) in [4.78, 5) is 25.9. The molecule has 0 saturated carbocycles. The molecule has 3 rings (SSSR count). The maximum atomic E-state index is 13.0. The second-order valence-electron chi connectivity index (χ2n) is 6.45. The third-order valence-corrected chi connectivity index (χ3v) is 4.59. The third kappa shape index (κ3) is 2.77. The van der Waals surface area contributed by atoms with Crippen LogP contribution < -0.4 is 5.73 Å². The summed E-state index contributed by atoms with van der Waals surface area (Å²) >= 11 is 0. The predicted octanol–water partition coefficient (Wildman–Crippen LogP) is 1.56. The first-order chi connectivity index (χ1) is 11.3. The minimum Gasteiger partial charge on any atom is -0.369 e. The second kappa shape index (κ2) is 5.74. The van der Waals surface area contributed by atoms with Crippen LogP contribution in [0.3, 0.4) is 0 Å². The highest BCUT2D eigenvalue weighted by Crippen LogP contribution is 2.30. The Labute approximate surface area is 139 Å². The van der Waals surface area contributed by atoms with Crippen molar-refractivity contribution in [3.05, 3.63) is 41.8 Å². The van der Waals surface area contributed by atoms with Gasteiger partial charge in [-0.25, -0.2) is 4.39 Å². The minimum absolute atomic E-state index is 0.191. The number of aromatic nitrogens is 2. The summed E-state index contributed by atoms with van der Waals surface area (Å²) in [5.74, 6) is -0.910. The number of aryl methyl sites for hydroxylation is 1. The summed E-state index contributed by atoms with van der Waals surface area (Å²) in [6, 6.07) is 7.61. The number of nitrogens with two attached hydrogens (primary N) is 1. The lowest BCUT2D eigenvalue weighted by Crippen LogP contribution is -2.39. The van der Waals surface area contributed by atoms with Crippen LogP contribution in [0.4, 0.5) is 4.39 Å². The van der Waals surface area contributed by atoms with Crippen LogP contribution in [-0.4, -0.2) is 39.6 Å². The highest BCUT2D eigenvalue weighted by molar-refractivity contribution is 5.95. The number of benzene rings is 1. The summed E-state index contributed by atoms with van der Waals surface area (Å²) < 4.78 is 14.5. The lowest BCUT2D eigenvalue weighted by Gasteiger charge is -2.20. The van der Waals surface area contributed by atoms with Crippen molar-refractivity contribution in [1.29, 1.82) is 0 Å². The van der Waals surface area contributed by atoms with E-state index in [1.165, 1.54) is 16.8 Å². The zero-order chi connectivity index (χ0) is 17.5. The first-order valence-corrected chi connectivity index (χ1v) is 7.69. The van der Waals surface area contributed by atoms with Gasteiger partial charge in [-0.3, -0.25) is 14.3 Å². The van der Waals surface area contributed by atoms with Gasteiger partial charge < -0.3 is 10.6 Å². The Hall–Kier alpha value is -2.70. The minimum atomic E-state index is -0.686. The second-order valence-corrected chi connectivity index (χ2v) is 6.45. The molecule has 6 nitrogen and oxygen atoms in total. The number of halogens is 1. The van der Waals surface area contributed by atoms with Crippen LogP contribution >= 0.6 is 0 Å². The Bertz CT molecular complexity index is 799. The molecular formula is C17H19FN4O2. The molecule has 1 aliphatic rings. The van der Waals surface area contributed by atoms with Crippen LogP contribution in [0.5, 0.6) is 0 Å². The molecule has 2 N–H and O–H groups in total. The molecule has 2 aromatic rings. The van der Waals surface area contributed by atoms with Gasteiger partial charge in [0, 0.05) is 25.7 Å². The highest BCUT2D eigenvalue weighted by Gasteiger charge is 2.41. The molecular weight excluding hydrogens is 311 g/mol. The molecule has 1 fully saturated rings. The van der Waals surface area contributed by atoms with Crippen molar-refractivity contribution in [2.45, 2.75) is 13.3 Å². The summed E-state index contributed by atoms with van der Waals surface area (Å²) in [5, 5.41) is 4.33. The fourth-order valence-corrected chi connectivity index (χ4v) is 2.93. The van der Waals surface area contributed by atoms with Gasteiger partial charge in [0.25, 0.3) is 5.91 Å². The molecule has 7 heteroatoms. The number of likely N-dealkylation sites (tertiary alicyclic amines) is 1. The van der Waals surface area contributed by atoms with E-state index in [2.05, 4.69) is 5.10 Å². The van der Waals surface area contributed by atoms with E-state index in [1.807, 2.05) is 0 Å². The number of hydrogen-bond acceptors (Lipinski definition) is 3. The van der Waals surface area contributed by atoms with Crippen molar-refractivity contribution < 1.29 is 14.0 Å². The van der Waals surface area contributed by atoms with E-state index >= 15 is 0 Å². The van der Waals surface area contributed by atoms with Crippen molar-refractivity contribution in [3.8, 4) is 11.3 Å². The predicted molar refractivity (Wildman–Crippen MR) is 86.4 cm³/mol. The average Bonchev–Trinajstić information content (AvgIpc) is 3.12. The van der Waals surface area contributed by atoms with Crippen LogP contribution in [0.1, 0.15) is 23.8 Å². The monoisotopic (exact) mass is 330 g/mol. The zero-order valence-electron chi connectivity index (χ0n) is 13.6. The van der Waals surface area contributed by atoms with E-state index < -0.39 is 11.3 Å². The standard InChI is InChI=1S/C17H19FN4O2/c1-17(16(19)24)7-8-22(10-17)15(23)14-9-13(20-21(14)2)11-3-5-12(18)6-4-11/h3-6,9H,7-8,10H2,1-2H3,(H2,19,24). The SMILES string of the molecule is Cn1nc(-c2ccc(F)cc2)cc1C(=O)N1CCC(C)(C(N)=O)C1. The molecule has 1 atom stereocenters. The number of rotatable bonds is 3. The van der Waals surface area contributed by atoms with Crippen LogP contribution in [-0.2, 0) is 11.8 Å². The molecule has 1 aromatic heterocycles. The van der Waals surface area contributed by atoms with E-state index in [4.69, 9.17) is 5.73 Å². The van der Waals surface area contributed by atoms with E-state index in [0.717, 1.165) is 5.56 Å². The summed E-state index contributed by atoms with van der Waals surface area (Å²) in [6.07, 6.45) is 0.552. The van der Waals surface area contributed by atoms with Crippen molar-refractivity contribution in [2.24, 2.45) is 18.2 Å². The molecule has 0 spiro atoms. The van der Waals surface area contributed by atoms with E-state index in [1.54, 1.807) is 37.1 Å². The summed E-state index contributed by atoms with van der Waals surface area (Å²) in [5.41, 5.74) is 6.49. The van der Waals surface area contributed by atoms with Crippen molar-refractivity contribution in [1.82, 2.24) is 14.7 Å². The first-order valence-electron chi connectivity index (χ1n) is 7.69. The molecule has 126 valence electrons. The van der Waals surface area contributed by atoms with Crippen molar-refractivity contribution >= 4 is 11.8 Å². The Morgan fingerprint density at radius 2 is 1.96 bits per heavy atom. The van der Waals surface area contributed by atoms with Gasteiger partial charge in [-0.05, 0) is 43.7 Å². The number of carbonyl (C=O) groups is 2. The van der Waals surface area contributed by atoms with Crippen LogP contribution in [0.15, 0.2) is 30.3 Å². The van der Waals surface area contributed by atoms with Crippen molar-refractivity contribution in [2.75, 3.05) is 13.1 Å². The maximum absolute atomic E-state index is 13.0. The number of carbonyl (C=O) groups excluding carboxylic acids is 2. The van der Waals surface area contributed by atoms with Gasteiger partial charge in [-0.1, -0.05) is 0 Å². The molecule has 0 bridgehead atoms. The quantitative estimate of drug-likeness (QED) is 0.927. The van der Waals surface area contributed by atoms with Crippen molar-refractivity contribution in [3.63, 3.8) is 0 Å². The summed E-state index contributed by atoms with van der Waals surface area (Å²) in [6.45, 7) is 2.56. The van der Waals surface area contributed by atoms with Crippen LogP contribution in [0.25, 0.3) is 11.3 Å². The number of primary amides is 1. The molecule has 1 aliphatic heterocycles. The molecule has 1 aromatic carbocycles. The highest BCUT2D eigenvalue weighted by atomic mass is 19.1. The molecule has 2 amide bonds. The fraction of sp³-hybridized carbons (Fsp3) is 0.353. The van der Waals surface area contributed by atoms with E-state index in [9.17, 15) is 14.0 Å². The lowest BCUT2D eigenvalue weighted by molar-refractivity contribution is -0.126. The largest absolute Gasteiger partial charge is 0.369 e. The first kappa shape index (κ1) is 16.2. The fourth-order valence-electron chi connectivity index (χ4n) is 2.93. The molecule has 2 heterocycles. The van der Waals surface area contributed by atoms with Gasteiger partial charge in [0.2, 0.25) is 5.91 Å².